The summed E-state index contributed by atoms with van der Waals surface area (Å²) in [5.41, 5.74) is 4.72. The lowest BCUT2D eigenvalue weighted by Crippen LogP contribution is -2.14. The quantitative estimate of drug-likeness (QED) is 0.817. The summed E-state index contributed by atoms with van der Waals surface area (Å²) in [4.78, 5) is 12.1. The summed E-state index contributed by atoms with van der Waals surface area (Å²) in [5, 5.41) is 0. The summed E-state index contributed by atoms with van der Waals surface area (Å²) in [6.07, 6.45) is 3.67. The predicted molar refractivity (Wildman–Crippen MR) is 84.3 cm³/mol. The number of carbonyl (C=O) groups is 1. The number of nitrogens with zero attached hydrogens (tertiary/aromatic N) is 1. The molecule has 1 aliphatic rings. The molecule has 0 saturated heterocycles. The van der Waals surface area contributed by atoms with Crippen LogP contribution in [0.25, 0.3) is 0 Å². The first-order valence-corrected chi connectivity index (χ1v) is 7.98. The van der Waals surface area contributed by atoms with Gasteiger partial charge in [-0.25, -0.2) is 0 Å². The van der Waals surface area contributed by atoms with Gasteiger partial charge in [-0.1, -0.05) is 41.1 Å². The van der Waals surface area contributed by atoms with Crippen molar-refractivity contribution in [2.24, 2.45) is 0 Å². The van der Waals surface area contributed by atoms with Gasteiger partial charge < -0.3 is 4.57 Å². The molecule has 2 aromatic rings. The number of aromatic nitrogens is 1. The van der Waals surface area contributed by atoms with Gasteiger partial charge in [0.1, 0.15) is 0 Å². The maximum Gasteiger partial charge on any atom is 0.164 e. The second-order valence-electron chi connectivity index (χ2n) is 5.30. The molecular formula is C17H18BrNO. The largest absolute Gasteiger partial charge is 0.343 e. The molecule has 1 aromatic carbocycles. The Kier molecular flexibility index (Phi) is 3.79. The smallest absolute Gasteiger partial charge is 0.164 e. The van der Waals surface area contributed by atoms with Crippen molar-refractivity contribution in [3.8, 4) is 0 Å². The van der Waals surface area contributed by atoms with Gasteiger partial charge in [0.05, 0.1) is 0 Å². The van der Waals surface area contributed by atoms with Gasteiger partial charge in [-0.15, -0.1) is 0 Å². The highest BCUT2D eigenvalue weighted by atomic mass is 79.9. The van der Waals surface area contributed by atoms with E-state index in [1.54, 1.807) is 0 Å². The zero-order chi connectivity index (χ0) is 14.1. The molecule has 1 heterocycles. The third-order valence-corrected chi connectivity index (χ3v) is 4.83. The minimum Gasteiger partial charge on any atom is -0.343 e. The van der Waals surface area contributed by atoms with Gasteiger partial charge in [-0.3, -0.25) is 4.79 Å². The lowest BCUT2D eigenvalue weighted by Gasteiger charge is -2.17. The maximum absolute atomic E-state index is 12.1. The number of hydrogen-bond donors (Lipinski definition) is 0. The number of halogens is 1. The number of Topliss-reactive ketones (excluding diaryl/α,β-unsaturated/α-hetero) is 1. The Morgan fingerprint density at radius 3 is 2.80 bits per heavy atom. The first-order chi connectivity index (χ1) is 9.70. The van der Waals surface area contributed by atoms with E-state index in [1.165, 1.54) is 17.0 Å². The summed E-state index contributed by atoms with van der Waals surface area (Å²) >= 11 is 3.62. The lowest BCUT2D eigenvalue weighted by molar-refractivity contribution is 0.0972. The molecule has 0 spiro atoms. The van der Waals surface area contributed by atoms with E-state index in [0.29, 0.717) is 12.2 Å². The van der Waals surface area contributed by atoms with Crippen LogP contribution >= 0.6 is 15.9 Å². The van der Waals surface area contributed by atoms with Crippen LogP contribution in [0.15, 0.2) is 34.8 Å². The van der Waals surface area contributed by atoms with E-state index in [4.69, 9.17) is 0 Å². The van der Waals surface area contributed by atoms with Crippen molar-refractivity contribution in [2.45, 2.75) is 39.2 Å². The molecule has 1 aromatic heterocycles. The number of aryl methyl sites for hydroxylation is 1. The molecule has 0 aliphatic heterocycles. The number of hydrogen-bond acceptors (Lipinski definition) is 1. The Balaban J connectivity index is 2.05. The third-order valence-electron chi connectivity index (χ3n) is 4.06. The zero-order valence-electron chi connectivity index (χ0n) is 11.7. The molecule has 0 bridgehead atoms. The van der Waals surface area contributed by atoms with Gasteiger partial charge in [0, 0.05) is 34.4 Å². The molecule has 0 N–H and O–H groups in total. The summed E-state index contributed by atoms with van der Waals surface area (Å²) in [7, 11) is 0. The van der Waals surface area contributed by atoms with E-state index in [0.717, 1.165) is 35.8 Å². The SMILES string of the molecule is CCc1cc2c(n1Cc1ccccc1Br)CCCC2=O. The average molecular weight is 332 g/mol. The molecule has 0 saturated carbocycles. The van der Waals surface area contributed by atoms with E-state index in [-0.39, 0.29) is 0 Å². The fourth-order valence-corrected chi connectivity index (χ4v) is 3.41. The lowest BCUT2D eigenvalue weighted by atomic mass is 9.96. The van der Waals surface area contributed by atoms with Crippen molar-refractivity contribution >= 4 is 21.7 Å². The highest BCUT2D eigenvalue weighted by molar-refractivity contribution is 9.10. The topological polar surface area (TPSA) is 22.0 Å². The standard InChI is InChI=1S/C17H18BrNO/c1-2-13-10-14-16(8-5-9-17(14)20)19(13)11-12-6-3-4-7-15(12)18/h3-4,6-7,10H,2,5,8-9,11H2,1H3. The van der Waals surface area contributed by atoms with E-state index in [9.17, 15) is 4.79 Å². The van der Waals surface area contributed by atoms with Crippen LogP contribution in [0.3, 0.4) is 0 Å². The minimum absolute atomic E-state index is 0.312. The Bertz CT molecular complexity index is 657. The maximum atomic E-state index is 12.1. The fraction of sp³-hybridized carbons (Fsp3) is 0.353. The van der Waals surface area contributed by atoms with Crippen LogP contribution in [0.1, 0.15) is 47.1 Å². The van der Waals surface area contributed by atoms with Crippen LogP contribution < -0.4 is 0 Å². The Morgan fingerprint density at radius 2 is 2.05 bits per heavy atom. The summed E-state index contributed by atoms with van der Waals surface area (Å²) in [6.45, 7) is 3.00. The first kappa shape index (κ1) is 13.6. The molecule has 0 amide bonds. The van der Waals surface area contributed by atoms with Crippen molar-refractivity contribution in [3.63, 3.8) is 0 Å². The Hall–Kier alpha value is -1.35. The van der Waals surface area contributed by atoms with Gasteiger partial charge in [0.2, 0.25) is 0 Å². The molecule has 2 nitrogen and oxygen atoms in total. The fourth-order valence-electron chi connectivity index (χ4n) is 3.00. The average Bonchev–Trinajstić information content (AvgIpc) is 2.81. The van der Waals surface area contributed by atoms with Crippen LogP contribution in [-0.2, 0) is 19.4 Å². The number of ketones is 1. The summed E-state index contributed by atoms with van der Waals surface area (Å²) in [5.74, 6) is 0.312. The van der Waals surface area contributed by atoms with Crippen molar-refractivity contribution in [1.82, 2.24) is 4.57 Å². The number of carbonyl (C=O) groups excluding carboxylic acids is 1. The normalized spacial score (nSPS) is 14.4. The van der Waals surface area contributed by atoms with Crippen LogP contribution in [0.5, 0.6) is 0 Å². The molecule has 20 heavy (non-hydrogen) atoms. The minimum atomic E-state index is 0.312. The molecular weight excluding hydrogens is 314 g/mol. The third kappa shape index (κ3) is 2.35. The first-order valence-electron chi connectivity index (χ1n) is 7.18. The van der Waals surface area contributed by atoms with Crippen molar-refractivity contribution in [2.75, 3.05) is 0 Å². The van der Waals surface area contributed by atoms with Crippen LogP contribution in [-0.4, -0.2) is 10.4 Å². The summed E-state index contributed by atoms with van der Waals surface area (Å²) in [6, 6.07) is 10.4. The van der Waals surface area contributed by atoms with E-state index < -0.39 is 0 Å². The van der Waals surface area contributed by atoms with E-state index in [1.807, 2.05) is 6.07 Å². The van der Waals surface area contributed by atoms with E-state index >= 15 is 0 Å². The number of benzene rings is 1. The van der Waals surface area contributed by atoms with Crippen molar-refractivity contribution < 1.29 is 4.79 Å². The van der Waals surface area contributed by atoms with Gasteiger partial charge in [0.25, 0.3) is 0 Å². The van der Waals surface area contributed by atoms with Gasteiger partial charge >= 0.3 is 0 Å². The number of fused-ring (bicyclic) bond motifs is 1. The molecule has 3 rings (SSSR count). The van der Waals surface area contributed by atoms with Crippen LogP contribution in [0.4, 0.5) is 0 Å². The van der Waals surface area contributed by atoms with Gasteiger partial charge in [-0.05, 0) is 37.0 Å². The summed E-state index contributed by atoms with van der Waals surface area (Å²) < 4.78 is 3.47. The van der Waals surface area contributed by atoms with Gasteiger partial charge in [0.15, 0.2) is 5.78 Å². The van der Waals surface area contributed by atoms with Crippen molar-refractivity contribution in [3.05, 3.63) is 57.3 Å². The molecule has 1 aliphatic carbocycles. The van der Waals surface area contributed by atoms with Gasteiger partial charge in [-0.2, -0.15) is 0 Å². The molecule has 0 radical (unpaired) electrons. The molecule has 3 heteroatoms. The highest BCUT2D eigenvalue weighted by Gasteiger charge is 2.23. The Morgan fingerprint density at radius 1 is 1.25 bits per heavy atom. The molecule has 104 valence electrons. The molecule has 0 unspecified atom stereocenters. The predicted octanol–water partition coefficient (Wildman–Crippen LogP) is 4.38. The second-order valence-corrected chi connectivity index (χ2v) is 6.16. The number of rotatable bonds is 3. The molecule has 0 fully saturated rings. The van der Waals surface area contributed by atoms with Crippen LogP contribution in [0.2, 0.25) is 0 Å². The second kappa shape index (κ2) is 5.57. The zero-order valence-corrected chi connectivity index (χ0v) is 13.2. The van der Waals surface area contributed by atoms with Crippen LogP contribution in [0, 0.1) is 0 Å². The Labute approximate surface area is 127 Å². The van der Waals surface area contributed by atoms with Crippen molar-refractivity contribution in [1.29, 1.82) is 0 Å². The monoisotopic (exact) mass is 331 g/mol. The van der Waals surface area contributed by atoms with E-state index in [2.05, 4.69) is 51.7 Å². The highest BCUT2D eigenvalue weighted by Crippen LogP contribution is 2.27. The molecule has 0 atom stereocenters.